The van der Waals surface area contributed by atoms with Crippen molar-refractivity contribution >= 4 is 29.4 Å². The molecule has 1 heterocycles. The van der Waals surface area contributed by atoms with Crippen LogP contribution in [-0.2, 0) is 4.79 Å². The summed E-state index contributed by atoms with van der Waals surface area (Å²) in [7, 11) is 4.14. The Kier molecular flexibility index (Phi) is 9.54. The second-order valence-corrected chi connectivity index (χ2v) is 9.88. The molecule has 3 aromatic rings. The van der Waals surface area contributed by atoms with Gasteiger partial charge in [-0.2, -0.15) is 0 Å². The van der Waals surface area contributed by atoms with Gasteiger partial charge in [0.2, 0.25) is 5.76 Å². The van der Waals surface area contributed by atoms with Crippen molar-refractivity contribution in [3.05, 3.63) is 95.3 Å². The summed E-state index contributed by atoms with van der Waals surface area (Å²) < 4.78 is 6.20. The van der Waals surface area contributed by atoms with Crippen molar-refractivity contribution in [2.75, 3.05) is 58.7 Å². The zero-order valence-corrected chi connectivity index (χ0v) is 22.6. The highest BCUT2D eigenvalue weighted by Crippen LogP contribution is 2.25. The maximum atomic E-state index is 13.5. The fraction of sp³-hybridized carbons (Fsp3) is 0.267. The van der Waals surface area contributed by atoms with E-state index in [9.17, 15) is 4.79 Å². The zero-order valence-electron chi connectivity index (χ0n) is 21.9. The van der Waals surface area contributed by atoms with Gasteiger partial charge in [-0.1, -0.05) is 54.1 Å². The van der Waals surface area contributed by atoms with Crippen LogP contribution >= 0.6 is 11.6 Å². The molecule has 0 aliphatic carbocycles. The zero-order chi connectivity index (χ0) is 26.9. The summed E-state index contributed by atoms with van der Waals surface area (Å²) in [5, 5.41) is 11.7. The summed E-state index contributed by atoms with van der Waals surface area (Å²) in [5.41, 5.74) is 3.20. The smallest absolute Gasteiger partial charge is 0.293 e. The lowest BCUT2D eigenvalue weighted by Gasteiger charge is -2.37. The summed E-state index contributed by atoms with van der Waals surface area (Å²) in [6.45, 7) is 5.08. The van der Waals surface area contributed by atoms with Crippen molar-refractivity contribution in [2.45, 2.75) is 0 Å². The number of allylic oxidation sites excluding steroid dienone is 1. The van der Waals surface area contributed by atoms with Crippen molar-refractivity contribution in [1.82, 2.24) is 14.7 Å². The summed E-state index contributed by atoms with van der Waals surface area (Å²) in [4.78, 5) is 20.1. The minimum atomic E-state index is -0.423. The van der Waals surface area contributed by atoms with Crippen LogP contribution in [0.15, 0.2) is 90.3 Å². The normalized spacial score (nSPS) is 14.7. The Morgan fingerprint density at radius 3 is 2.18 bits per heavy atom. The monoisotopic (exact) mass is 531 g/mol. The summed E-state index contributed by atoms with van der Waals surface area (Å²) in [6.07, 6.45) is 1.21. The largest absolute Gasteiger partial charge is 0.449 e. The highest BCUT2D eigenvalue weighted by Gasteiger charge is 2.25. The first-order valence-corrected chi connectivity index (χ1v) is 13.1. The lowest BCUT2D eigenvalue weighted by Crippen LogP contribution is -2.48. The van der Waals surface area contributed by atoms with E-state index in [4.69, 9.17) is 21.7 Å². The number of nitrogens with zero attached hydrogens (tertiary/aromatic N) is 3. The fourth-order valence-electron chi connectivity index (χ4n) is 4.25. The number of rotatable bonds is 10. The maximum absolute atomic E-state index is 13.5. The van der Waals surface area contributed by atoms with E-state index >= 15 is 0 Å². The topological polar surface area (TPSA) is 71.9 Å². The van der Waals surface area contributed by atoms with Gasteiger partial charge >= 0.3 is 0 Å². The minimum Gasteiger partial charge on any atom is -0.449 e. The third kappa shape index (κ3) is 7.44. The van der Waals surface area contributed by atoms with Crippen LogP contribution in [0.3, 0.4) is 0 Å². The van der Waals surface area contributed by atoms with Gasteiger partial charge < -0.3 is 25.3 Å². The van der Waals surface area contributed by atoms with Crippen LogP contribution in [0.1, 0.15) is 0 Å². The molecule has 3 aromatic carbocycles. The molecular formula is C30H34ClN5O2. The van der Waals surface area contributed by atoms with Crippen LogP contribution in [-0.4, -0.2) is 80.2 Å². The number of amides is 1. The number of hydrogen-bond donors (Lipinski definition) is 2. The van der Waals surface area contributed by atoms with Gasteiger partial charge in [0.15, 0.2) is 0 Å². The molecule has 198 valence electrons. The Morgan fingerprint density at radius 1 is 0.947 bits per heavy atom. The lowest BCUT2D eigenvalue weighted by molar-refractivity contribution is -0.115. The third-order valence-electron chi connectivity index (χ3n) is 6.44. The van der Waals surface area contributed by atoms with E-state index in [1.54, 1.807) is 24.3 Å². The second-order valence-electron chi connectivity index (χ2n) is 9.44. The molecule has 0 radical (unpaired) electrons. The van der Waals surface area contributed by atoms with Gasteiger partial charge in [-0.05, 0) is 61.6 Å². The number of carbonyl (C=O) groups is 1. The number of carbonyl (C=O) groups excluding carboxylic acids is 1. The Morgan fingerprint density at radius 2 is 1.58 bits per heavy atom. The van der Waals surface area contributed by atoms with Gasteiger partial charge in [0.05, 0.1) is 0 Å². The van der Waals surface area contributed by atoms with Crippen molar-refractivity contribution in [3.63, 3.8) is 0 Å². The molecule has 4 rings (SSSR count). The Balaban J connectivity index is 1.57. The van der Waals surface area contributed by atoms with E-state index in [-0.39, 0.29) is 5.76 Å². The maximum Gasteiger partial charge on any atom is 0.293 e. The molecule has 8 heteroatoms. The van der Waals surface area contributed by atoms with Gasteiger partial charge in [-0.15, -0.1) is 0 Å². The number of anilines is 1. The molecule has 1 amide bonds. The molecule has 0 saturated carbocycles. The first kappa shape index (κ1) is 27.4. The van der Waals surface area contributed by atoms with Crippen LogP contribution in [0.2, 0.25) is 5.02 Å². The fourth-order valence-corrected chi connectivity index (χ4v) is 4.38. The predicted molar refractivity (Wildman–Crippen MR) is 155 cm³/mol. The van der Waals surface area contributed by atoms with E-state index in [0.29, 0.717) is 35.2 Å². The Bertz CT molecular complexity index is 1240. The van der Waals surface area contributed by atoms with E-state index in [1.165, 1.54) is 6.21 Å². The summed E-state index contributed by atoms with van der Waals surface area (Å²) >= 11 is 6.01. The molecule has 1 aliphatic rings. The van der Waals surface area contributed by atoms with Crippen molar-refractivity contribution in [1.29, 1.82) is 5.41 Å². The number of ether oxygens (including phenoxy) is 1. The molecule has 1 saturated heterocycles. The lowest BCUT2D eigenvalue weighted by atomic mass is 10.1. The average Bonchev–Trinajstić information content (AvgIpc) is 2.94. The minimum absolute atomic E-state index is 0.0872. The van der Waals surface area contributed by atoms with E-state index in [1.807, 2.05) is 59.5 Å². The predicted octanol–water partition coefficient (Wildman–Crippen LogP) is 5.06. The van der Waals surface area contributed by atoms with Gasteiger partial charge in [-0.25, -0.2) is 0 Å². The van der Waals surface area contributed by atoms with E-state index in [2.05, 4.69) is 29.2 Å². The quantitative estimate of drug-likeness (QED) is 0.217. The number of nitrogens with one attached hydrogen (secondary N) is 2. The molecule has 0 spiro atoms. The number of hydrogen-bond acceptors (Lipinski definition) is 6. The first-order chi connectivity index (χ1) is 18.4. The molecule has 2 N–H and O–H groups in total. The van der Waals surface area contributed by atoms with Crippen LogP contribution in [0.25, 0.3) is 11.1 Å². The molecular weight excluding hydrogens is 498 g/mol. The van der Waals surface area contributed by atoms with Crippen molar-refractivity contribution in [2.24, 2.45) is 0 Å². The molecule has 0 aromatic heterocycles. The number of piperazine rings is 1. The third-order valence-corrected chi connectivity index (χ3v) is 6.69. The Hall–Kier alpha value is -3.65. The summed E-state index contributed by atoms with van der Waals surface area (Å²) in [6, 6.07) is 24.6. The summed E-state index contributed by atoms with van der Waals surface area (Å²) in [5.74, 6) is 0.187. The van der Waals surface area contributed by atoms with E-state index < -0.39 is 5.91 Å². The molecule has 0 unspecified atom stereocenters. The van der Waals surface area contributed by atoms with E-state index in [0.717, 1.165) is 37.3 Å². The van der Waals surface area contributed by atoms with Crippen LogP contribution < -0.4 is 10.1 Å². The number of benzene rings is 3. The van der Waals surface area contributed by atoms with Gasteiger partial charge in [0, 0.05) is 56.2 Å². The second kappa shape index (κ2) is 13.2. The highest BCUT2D eigenvalue weighted by atomic mass is 35.5. The van der Waals surface area contributed by atoms with Crippen molar-refractivity contribution in [3.8, 4) is 16.9 Å². The van der Waals surface area contributed by atoms with Crippen LogP contribution in [0.5, 0.6) is 5.75 Å². The Labute approximate surface area is 229 Å². The van der Waals surface area contributed by atoms with Crippen LogP contribution in [0, 0.1) is 5.41 Å². The molecule has 0 bridgehead atoms. The number of likely N-dealkylation sites (N-methyl/N-ethyl adjacent to an activating group) is 1. The molecule has 7 nitrogen and oxygen atoms in total. The average molecular weight is 532 g/mol. The molecule has 38 heavy (non-hydrogen) atoms. The van der Waals surface area contributed by atoms with Crippen molar-refractivity contribution < 1.29 is 9.53 Å². The molecule has 1 aliphatic heterocycles. The first-order valence-electron chi connectivity index (χ1n) is 12.7. The molecule has 1 fully saturated rings. The highest BCUT2D eigenvalue weighted by molar-refractivity contribution is 6.30. The molecule has 0 atom stereocenters. The number of halogens is 1. The van der Waals surface area contributed by atoms with Gasteiger partial charge in [0.25, 0.3) is 5.91 Å². The van der Waals surface area contributed by atoms with Crippen LogP contribution in [0.4, 0.5) is 5.69 Å². The SMILES string of the molecule is CN(C)CCN1CCN(/C(C=N)=C(\Oc2ccc(-c3ccccc3)cc2)C(=O)Nc2ccc(Cl)cc2)CC1. The standard InChI is InChI=1S/C30H34ClN5O2/c1-34(2)16-17-35-18-20-36(21-19-35)28(22-32)29(30(37)33-26-12-10-25(31)11-13-26)38-27-14-8-24(9-15-27)23-6-4-3-5-7-23/h3-15,22,32H,16-21H2,1-2H3,(H,33,37)/b29-28-,32-22?. The van der Waals surface area contributed by atoms with Gasteiger partial charge in [-0.3, -0.25) is 9.69 Å². The van der Waals surface area contributed by atoms with Gasteiger partial charge in [0.1, 0.15) is 11.4 Å².